The van der Waals surface area contributed by atoms with Gasteiger partial charge in [-0.05, 0) is 42.4 Å². The second-order valence-corrected chi connectivity index (χ2v) is 3.88. The first-order valence-electron chi connectivity index (χ1n) is 5.38. The Hall–Kier alpha value is -1.08. The van der Waals surface area contributed by atoms with E-state index in [4.69, 9.17) is 5.73 Å². The van der Waals surface area contributed by atoms with Crippen LogP contribution in [-0.2, 0) is 6.54 Å². The zero-order chi connectivity index (χ0) is 9.80. The fourth-order valence-electron chi connectivity index (χ4n) is 2.00. The van der Waals surface area contributed by atoms with Gasteiger partial charge in [0, 0.05) is 6.54 Å². The lowest BCUT2D eigenvalue weighted by Crippen LogP contribution is -1.98. The Bertz CT molecular complexity index is 339. The lowest BCUT2D eigenvalue weighted by molar-refractivity contribution is 0.742. The molecule has 0 aromatic heterocycles. The molecule has 0 spiro atoms. The Morgan fingerprint density at radius 2 is 2.14 bits per heavy atom. The summed E-state index contributed by atoms with van der Waals surface area (Å²) < 4.78 is 0. The van der Waals surface area contributed by atoms with Gasteiger partial charge in [0.1, 0.15) is 0 Å². The average Bonchev–Trinajstić information content (AvgIpc) is 2.30. The smallest absolute Gasteiger partial charge is 0.0178 e. The summed E-state index contributed by atoms with van der Waals surface area (Å²) >= 11 is 0. The third-order valence-electron chi connectivity index (χ3n) is 2.82. The highest BCUT2D eigenvalue weighted by Gasteiger charge is 2.05. The molecule has 1 aliphatic carbocycles. The van der Waals surface area contributed by atoms with Crippen molar-refractivity contribution < 1.29 is 0 Å². The second kappa shape index (κ2) is 4.43. The monoisotopic (exact) mass is 187 g/mol. The molecule has 74 valence electrons. The van der Waals surface area contributed by atoms with Crippen LogP contribution in [-0.4, -0.2) is 0 Å². The van der Waals surface area contributed by atoms with Gasteiger partial charge in [-0.25, -0.2) is 0 Å². The van der Waals surface area contributed by atoms with E-state index in [-0.39, 0.29) is 0 Å². The summed E-state index contributed by atoms with van der Waals surface area (Å²) in [6, 6.07) is 8.60. The molecule has 1 nitrogen and oxygen atoms in total. The van der Waals surface area contributed by atoms with Gasteiger partial charge in [-0.2, -0.15) is 0 Å². The molecular formula is C13H17N. The summed E-state index contributed by atoms with van der Waals surface area (Å²) in [5.41, 5.74) is 9.73. The van der Waals surface area contributed by atoms with Gasteiger partial charge in [-0.3, -0.25) is 0 Å². The molecule has 1 aromatic rings. The van der Waals surface area contributed by atoms with Crippen molar-refractivity contribution in [3.8, 4) is 0 Å². The van der Waals surface area contributed by atoms with Crippen molar-refractivity contribution in [3.63, 3.8) is 0 Å². The largest absolute Gasteiger partial charge is 0.326 e. The highest BCUT2D eigenvalue weighted by Crippen LogP contribution is 2.26. The molecule has 0 fully saturated rings. The molecule has 0 saturated heterocycles. The number of rotatable bonds is 2. The summed E-state index contributed by atoms with van der Waals surface area (Å²) in [5.74, 6) is 0. The molecule has 0 radical (unpaired) electrons. The van der Waals surface area contributed by atoms with Crippen LogP contribution in [0.1, 0.15) is 36.8 Å². The molecular weight excluding hydrogens is 170 g/mol. The Labute approximate surface area is 85.6 Å². The van der Waals surface area contributed by atoms with Crippen molar-refractivity contribution in [1.29, 1.82) is 0 Å². The number of benzene rings is 1. The fourth-order valence-corrected chi connectivity index (χ4v) is 2.00. The number of nitrogens with two attached hydrogens (primary N) is 1. The van der Waals surface area contributed by atoms with E-state index in [1.54, 1.807) is 0 Å². The third kappa shape index (κ3) is 2.05. The van der Waals surface area contributed by atoms with Crippen molar-refractivity contribution in [3.05, 3.63) is 41.5 Å². The van der Waals surface area contributed by atoms with E-state index in [0.717, 1.165) is 0 Å². The van der Waals surface area contributed by atoms with Crippen LogP contribution in [0.25, 0.3) is 5.57 Å². The number of allylic oxidation sites excluding steroid dienone is 2. The molecule has 0 unspecified atom stereocenters. The molecule has 2 N–H and O–H groups in total. The van der Waals surface area contributed by atoms with E-state index in [1.807, 2.05) is 0 Å². The maximum atomic E-state index is 5.63. The van der Waals surface area contributed by atoms with E-state index in [1.165, 1.54) is 42.4 Å². The van der Waals surface area contributed by atoms with Crippen LogP contribution < -0.4 is 5.73 Å². The number of hydrogen-bond acceptors (Lipinski definition) is 1. The summed E-state index contributed by atoms with van der Waals surface area (Å²) in [7, 11) is 0. The first kappa shape index (κ1) is 9.47. The molecule has 1 aromatic carbocycles. The quantitative estimate of drug-likeness (QED) is 0.756. The first-order valence-corrected chi connectivity index (χ1v) is 5.38. The van der Waals surface area contributed by atoms with E-state index in [2.05, 4.69) is 30.3 Å². The van der Waals surface area contributed by atoms with Crippen LogP contribution >= 0.6 is 0 Å². The Balaban J connectivity index is 2.26. The zero-order valence-corrected chi connectivity index (χ0v) is 8.50. The maximum Gasteiger partial charge on any atom is 0.0178 e. The Morgan fingerprint density at radius 1 is 1.21 bits per heavy atom. The van der Waals surface area contributed by atoms with E-state index >= 15 is 0 Å². The van der Waals surface area contributed by atoms with E-state index in [0.29, 0.717) is 6.54 Å². The maximum absolute atomic E-state index is 5.63. The molecule has 0 amide bonds. The van der Waals surface area contributed by atoms with Gasteiger partial charge < -0.3 is 5.73 Å². The first-order chi connectivity index (χ1) is 6.90. The second-order valence-electron chi connectivity index (χ2n) is 3.88. The van der Waals surface area contributed by atoms with Crippen LogP contribution in [0.5, 0.6) is 0 Å². The molecule has 0 aliphatic heterocycles. The Kier molecular flexibility index (Phi) is 3.00. The van der Waals surface area contributed by atoms with Crippen LogP contribution in [0.2, 0.25) is 0 Å². The third-order valence-corrected chi connectivity index (χ3v) is 2.82. The van der Waals surface area contributed by atoms with Crippen LogP contribution in [0.3, 0.4) is 0 Å². The Morgan fingerprint density at radius 3 is 2.86 bits per heavy atom. The minimum atomic E-state index is 0.640. The standard InChI is InChI=1S/C13H17N/c14-10-11-5-4-8-13(9-11)12-6-2-1-3-7-12/h4-6,8-9H,1-3,7,10,14H2. The molecule has 1 heteroatoms. The van der Waals surface area contributed by atoms with Crippen molar-refractivity contribution in [2.24, 2.45) is 5.73 Å². The van der Waals surface area contributed by atoms with Gasteiger partial charge in [0.05, 0.1) is 0 Å². The highest BCUT2D eigenvalue weighted by atomic mass is 14.5. The van der Waals surface area contributed by atoms with Crippen LogP contribution in [0, 0.1) is 0 Å². The molecule has 1 aliphatic rings. The lowest BCUT2D eigenvalue weighted by Gasteiger charge is -2.13. The predicted octanol–water partition coefficient (Wildman–Crippen LogP) is 3.10. The zero-order valence-electron chi connectivity index (χ0n) is 8.50. The minimum Gasteiger partial charge on any atom is -0.326 e. The molecule has 14 heavy (non-hydrogen) atoms. The number of hydrogen-bond donors (Lipinski definition) is 1. The molecule has 0 bridgehead atoms. The fraction of sp³-hybridized carbons (Fsp3) is 0.385. The SMILES string of the molecule is NCc1cccc(C2=CCCCC2)c1. The summed E-state index contributed by atoms with van der Waals surface area (Å²) in [6.07, 6.45) is 7.52. The van der Waals surface area contributed by atoms with E-state index in [9.17, 15) is 0 Å². The van der Waals surface area contributed by atoms with Crippen molar-refractivity contribution in [2.45, 2.75) is 32.2 Å². The topological polar surface area (TPSA) is 26.0 Å². The van der Waals surface area contributed by atoms with Crippen LogP contribution in [0.4, 0.5) is 0 Å². The predicted molar refractivity (Wildman–Crippen MR) is 60.8 cm³/mol. The molecule has 2 rings (SSSR count). The average molecular weight is 187 g/mol. The van der Waals surface area contributed by atoms with Gasteiger partial charge in [-0.15, -0.1) is 0 Å². The summed E-state index contributed by atoms with van der Waals surface area (Å²) in [6.45, 7) is 0.640. The molecule has 0 saturated carbocycles. The minimum absolute atomic E-state index is 0.640. The van der Waals surface area contributed by atoms with Gasteiger partial charge in [0.2, 0.25) is 0 Å². The van der Waals surface area contributed by atoms with Crippen molar-refractivity contribution >= 4 is 5.57 Å². The molecule has 0 heterocycles. The van der Waals surface area contributed by atoms with Gasteiger partial charge >= 0.3 is 0 Å². The lowest BCUT2D eigenvalue weighted by atomic mass is 9.93. The van der Waals surface area contributed by atoms with Gasteiger partial charge in [0.25, 0.3) is 0 Å². The normalized spacial score (nSPS) is 16.5. The summed E-state index contributed by atoms with van der Waals surface area (Å²) in [5, 5.41) is 0. The van der Waals surface area contributed by atoms with Crippen LogP contribution in [0.15, 0.2) is 30.3 Å². The highest BCUT2D eigenvalue weighted by molar-refractivity contribution is 5.66. The molecule has 0 atom stereocenters. The van der Waals surface area contributed by atoms with Crippen molar-refractivity contribution in [1.82, 2.24) is 0 Å². The van der Waals surface area contributed by atoms with Gasteiger partial charge in [-0.1, -0.05) is 30.3 Å². The van der Waals surface area contributed by atoms with Crippen molar-refractivity contribution in [2.75, 3.05) is 0 Å². The summed E-state index contributed by atoms with van der Waals surface area (Å²) in [4.78, 5) is 0. The van der Waals surface area contributed by atoms with E-state index < -0.39 is 0 Å². The van der Waals surface area contributed by atoms with Gasteiger partial charge in [0.15, 0.2) is 0 Å².